The average molecular weight is 326 g/mol. The molecule has 118 valence electrons. The lowest BCUT2D eigenvalue weighted by molar-refractivity contribution is 0.122. The summed E-state index contributed by atoms with van der Waals surface area (Å²) in [6.07, 6.45) is 5.79. The molecule has 1 fully saturated rings. The van der Waals surface area contributed by atoms with E-state index in [4.69, 9.17) is 9.72 Å². The number of fused-ring (bicyclic) bond motifs is 1. The van der Waals surface area contributed by atoms with Gasteiger partial charge in [-0.25, -0.2) is 9.97 Å². The Labute approximate surface area is 139 Å². The highest BCUT2D eigenvalue weighted by Crippen LogP contribution is 2.25. The molecule has 1 aliphatic rings. The molecule has 0 amide bonds. The Balaban J connectivity index is 1.67. The van der Waals surface area contributed by atoms with E-state index in [2.05, 4.69) is 34.1 Å². The topological polar surface area (TPSA) is 42.7 Å². The van der Waals surface area contributed by atoms with Crippen LogP contribution in [0.15, 0.2) is 47.9 Å². The van der Waals surface area contributed by atoms with Crippen molar-refractivity contribution in [2.45, 2.75) is 5.16 Å². The van der Waals surface area contributed by atoms with E-state index in [1.807, 2.05) is 29.1 Å². The standard InChI is InChI=1S/C17H18N4OS/c1-23-17-19-15(12-16-18-6-7-21(16)17)13-2-4-14(5-3-13)20-8-10-22-11-9-20/h2-7,12H,8-11H2,1H3. The average Bonchev–Trinajstić information content (AvgIpc) is 3.10. The van der Waals surface area contributed by atoms with Crippen LogP contribution in [0.2, 0.25) is 0 Å². The van der Waals surface area contributed by atoms with Gasteiger partial charge in [-0.3, -0.25) is 4.40 Å². The van der Waals surface area contributed by atoms with E-state index >= 15 is 0 Å². The number of imidazole rings is 1. The molecule has 0 unspecified atom stereocenters. The Morgan fingerprint density at radius 3 is 2.65 bits per heavy atom. The zero-order valence-corrected chi connectivity index (χ0v) is 13.8. The molecule has 0 saturated carbocycles. The minimum atomic E-state index is 0.803. The van der Waals surface area contributed by atoms with Gasteiger partial charge in [0.15, 0.2) is 5.16 Å². The molecule has 3 aromatic rings. The first-order valence-corrected chi connectivity index (χ1v) is 8.89. The van der Waals surface area contributed by atoms with Crippen molar-refractivity contribution < 1.29 is 4.74 Å². The van der Waals surface area contributed by atoms with Crippen LogP contribution in [-0.4, -0.2) is 46.9 Å². The Morgan fingerprint density at radius 2 is 1.91 bits per heavy atom. The summed E-state index contributed by atoms with van der Waals surface area (Å²) >= 11 is 1.63. The summed E-state index contributed by atoms with van der Waals surface area (Å²) in [5, 5.41) is 0.951. The van der Waals surface area contributed by atoms with Gasteiger partial charge in [-0.1, -0.05) is 23.9 Å². The zero-order valence-electron chi connectivity index (χ0n) is 13.0. The summed E-state index contributed by atoms with van der Waals surface area (Å²) in [6.45, 7) is 3.51. The van der Waals surface area contributed by atoms with Gasteiger partial charge in [0.25, 0.3) is 0 Å². The normalized spacial score (nSPS) is 15.3. The summed E-state index contributed by atoms with van der Waals surface area (Å²) in [5.74, 6) is 0. The van der Waals surface area contributed by atoms with Crippen molar-refractivity contribution in [1.29, 1.82) is 0 Å². The molecule has 6 heteroatoms. The smallest absolute Gasteiger partial charge is 0.174 e. The van der Waals surface area contributed by atoms with Crippen molar-refractivity contribution in [2.24, 2.45) is 0 Å². The number of thioether (sulfide) groups is 1. The predicted octanol–water partition coefficient (Wildman–Crippen LogP) is 2.95. The van der Waals surface area contributed by atoms with Crippen LogP contribution in [0.25, 0.3) is 16.9 Å². The maximum absolute atomic E-state index is 5.41. The maximum Gasteiger partial charge on any atom is 0.174 e. The van der Waals surface area contributed by atoms with Gasteiger partial charge in [0.2, 0.25) is 0 Å². The molecule has 1 saturated heterocycles. The van der Waals surface area contributed by atoms with Gasteiger partial charge in [0.1, 0.15) is 5.65 Å². The first-order chi connectivity index (χ1) is 11.3. The van der Waals surface area contributed by atoms with E-state index in [-0.39, 0.29) is 0 Å². The first kappa shape index (κ1) is 14.5. The quantitative estimate of drug-likeness (QED) is 0.547. The van der Waals surface area contributed by atoms with Crippen LogP contribution < -0.4 is 4.90 Å². The Morgan fingerprint density at radius 1 is 1.13 bits per heavy atom. The number of ether oxygens (including phenoxy) is 1. The molecule has 5 nitrogen and oxygen atoms in total. The number of aromatic nitrogens is 3. The lowest BCUT2D eigenvalue weighted by Gasteiger charge is -2.28. The SMILES string of the molecule is CSc1nc(-c2ccc(N3CCOCC3)cc2)cc2nccn12. The molecule has 4 rings (SSSR count). The molecule has 1 aliphatic heterocycles. The molecule has 0 N–H and O–H groups in total. The van der Waals surface area contributed by atoms with E-state index in [1.54, 1.807) is 11.8 Å². The second-order valence-corrected chi connectivity index (χ2v) is 6.20. The summed E-state index contributed by atoms with van der Waals surface area (Å²) in [5.41, 5.74) is 4.24. The fraction of sp³-hybridized carbons (Fsp3) is 0.294. The molecule has 0 atom stereocenters. The monoisotopic (exact) mass is 326 g/mol. The van der Waals surface area contributed by atoms with Crippen molar-refractivity contribution in [3.05, 3.63) is 42.7 Å². The first-order valence-electron chi connectivity index (χ1n) is 7.66. The number of hydrogen-bond acceptors (Lipinski definition) is 5. The van der Waals surface area contributed by atoms with Crippen LogP contribution in [0.4, 0.5) is 5.69 Å². The van der Waals surface area contributed by atoms with Crippen LogP contribution in [-0.2, 0) is 4.74 Å². The van der Waals surface area contributed by atoms with Gasteiger partial charge < -0.3 is 9.64 Å². The lowest BCUT2D eigenvalue weighted by atomic mass is 10.1. The van der Waals surface area contributed by atoms with E-state index in [9.17, 15) is 0 Å². The molecule has 1 aromatic carbocycles. The summed E-state index contributed by atoms with van der Waals surface area (Å²) in [7, 11) is 0. The van der Waals surface area contributed by atoms with Crippen molar-refractivity contribution >= 4 is 23.1 Å². The van der Waals surface area contributed by atoms with E-state index in [0.717, 1.165) is 48.4 Å². The second-order valence-electron chi connectivity index (χ2n) is 5.43. The van der Waals surface area contributed by atoms with Gasteiger partial charge in [-0.05, 0) is 18.4 Å². The Hall–Kier alpha value is -2.05. The van der Waals surface area contributed by atoms with Gasteiger partial charge in [-0.2, -0.15) is 0 Å². The number of rotatable bonds is 3. The number of anilines is 1. The largest absolute Gasteiger partial charge is 0.378 e. The molecular weight excluding hydrogens is 308 g/mol. The molecule has 0 radical (unpaired) electrons. The molecule has 0 bridgehead atoms. The summed E-state index contributed by atoms with van der Waals surface area (Å²) in [4.78, 5) is 11.5. The molecule has 0 spiro atoms. The number of benzene rings is 1. The van der Waals surface area contributed by atoms with E-state index in [1.165, 1.54) is 5.69 Å². The van der Waals surface area contributed by atoms with Crippen molar-refractivity contribution in [3.8, 4) is 11.3 Å². The third kappa shape index (κ3) is 2.80. The van der Waals surface area contributed by atoms with Crippen molar-refractivity contribution in [1.82, 2.24) is 14.4 Å². The summed E-state index contributed by atoms with van der Waals surface area (Å²) in [6, 6.07) is 10.6. The van der Waals surface area contributed by atoms with E-state index in [0.29, 0.717) is 0 Å². The highest BCUT2D eigenvalue weighted by Gasteiger charge is 2.12. The molecular formula is C17H18N4OS. The minimum Gasteiger partial charge on any atom is -0.378 e. The predicted molar refractivity (Wildman–Crippen MR) is 93.2 cm³/mol. The number of hydrogen-bond donors (Lipinski definition) is 0. The van der Waals surface area contributed by atoms with Crippen LogP contribution >= 0.6 is 11.8 Å². The maximum atomic E-state index is 5.41. The van der Waals surface area contributed by atoms with Gasteiger partial charge in [0, 0.05) is 42.8 Å². The molecule has 3 heterocycles. The Kier molecular flexibility index (Phi) is 3.93. The highest BCUT2D eigenvalue weighted by molar-refractivity contribution is 7.98. The van der Waals surface area contributed by atoms with Crippen molar-refractivity contribution in [2.75, 3.05) is 37.5 Å². The van der Waals surface area contributed by atoms with Gasteiger partial charge >= 0.3 is 0 Å². The van der Waals surface area contributed by atoms with Gasteiger partial charge in [0.05, 0.1) is 18.9 Å². The fourth-order valence-corrected chi connectivity index (χ4v) is 3.39. The Bertz CT molecular complexity index is 809. The van der Waals surface area contributed by atoms with Gasteiger partial charge in [-0.15, -0.1) is 0 Å². The lowest BCUT2D eigenvalue weighted by Crippen LogP contribution is -2.36. The van der Waals surface area contributed by atoms with Crippen molar-refractivity contribution in [3.63, 3.8) is 0 Å². The van der Waals surface area contributed by atoms with E-state index < -0.39 is 0 Å². The number of morpholine rings is 1. The van der Waals surface area contributed by atoms with Crippen LogP contribution in [0, 0.1) is 0 Å². The molecule has 2 aromatic heterocycles. The molecule has 23 heavy (non-hydrogen) atoms. The molecule has 0 aliphatic carbocycles. The third-order valence-corrected chi connectivity index (χ3v) is 4.73. The van der Waals surface area contributed by atoms with Crippen LogP contribution in [0.5, 0.6) is 0 Å². The summed E-state index contributed by atoms with van der Waals surface area (Å²) < 4.78 is 7.42. The van der Waals surface area contributed by atoms with Crippen LogP contribution in [0.1, 0.15) is 0 Å². The minimum absolute atomic E-state index is 0.803. The van der Waals surface area contributed by atoms with Crippen LogP contribution in [0.3, 0.4) is 0 Å². The second kappa shape index (κ2) is 6.22. The number of nitrogens with zero attached hydrogens (tertiary/aromatic N) is 4. The third-order valence-electron chi connectivity index (χ3n) is 4.08. The zero-order chi connectivity index (χ0) is 15.6. The fourth-order valence-electron chi connectivity index (χ4n) is 2.85. The highest BCUT2D eigenvalue weighted by atomic mass is 32.2.